The maximum atomic E-state index is 11.3. The zero-order valence-electron chi connectivity index (χ0n) is 9.13. The Hall–Kier alpha value is -1.06. The fourth-order valence-electron chi connectivity index (χ4n) is 0.895. The summed E-state index contributed by atoms with van der Waals surface area (Å²) in [5.74, 6) is 0.503. The average Bonchev–Trinajstić information content (AvgIpc) is 2.82. The second-order valence-electron chi connectivity index (χ2n) is 4.79. The van der Waals surface area contributed by atoms with Crippen LogP contribution >= 0.6 is 0 Å². The number of carbonyl (C=O) groups excluding carboxylic acids is 1. The lowest BCUT2D eigenvalue weighted by molar-refractivity contribution is -0.119. The van der Waals surface area contributed by atoms with Crippen LogP contribution in [-0.4, -0.2) is 24.3 Å². The summed E-state index contributed by atoms with van der Waals surface area (Å²) in [7, 11) is 0. The number of hydrogen-bond acceptors (Lipinski definition) is 2. The lowest BCUT2D eigenvalue weighted by Crippen LogP contribution is -2.32. The Morgan fingerprint density at radius 2 is 2.07 bits per heavy atom. The van der Waals surface area contributed by atoms with E-state index < -0.39 is 0 Å². The molecule has 4 nitrogen and oxygen atoms in total. The van der Waals surface area contributed by atoms with Gasteiger partial charge in [0.15, 0.2) is 0 Å². The van der Waals surface area contributed by atoms with Crippen molar-refractivity contribution >= 4 is 11.7 Å². The first kappa shape index (κ1) is 11.0. The number of carbonyl (C=O) groups is 1. The minimum absolute atomic E-state index is 0.0281. The minimum Gasteiger partial charge on any atom is -0.387 e. The smallest absolute Gasteiger partial charge is 0.241 e. The van der Waals surface area contributed by atoms with Crippen LogP contribution in [0.2, 0.25) is 0 Å². The van der Waals surface area contributed by atoms with E-state index in [1.54, 1.807) is 0 Å². The van der Waals surface area contributed by atoms with E-state index in [0.29, 0.717) is 11.9 Å². The summed E-state index contributed by atoms with van der Waals surface area (Å²) in [6.07, 6.45) is 2.20. The van der Waals surface area contributed by atoms with E-state index in [-0.39, 0.29) is 17.9 Å². The van der Waals surface area contributed by atoms with Crippen molar-refractivity contribution < 1.29 is 4.79 Å². The standard InChI is InChI=1S/C10H19N3O/c1-10(2,3)9(11)12-6-8(14)13-7-4-5-7/h7H,4-6H2,1-3H3,(H2,11,12)(H,13,14). The van der Waals surface area contributed by atoms with Crippen LogP contribution in [0.25, 0.3) is 0 Å². The molecule has 1 aliphatic carbocycles. The van der Waals surface area contributed by atoms with Gasteiger partial charge in [0.1, 0.15) is 6.54 Å². The van der Waals surface area contributed by atoms with Crippen LogP contribution in [-0.2, 0) is 4.79 Å². The molecule has 0 saturated heterocycles. The zero-order valence-corrected chi connectivity index (χ0v) is 9.13. The number of nitrogens with one attached hydrogen (secondary N) is 1. The molecule has 80 valence electrons. The Kier molecular flexibility index (Phi) is 3.13. The van der Waals surface area contributed by atoms with Crippen LogP contribution in [0.4, 0.5) is 0 Å². The summed E-state index contributed by atoms with van der Waals surface area (Å²) >= 11 is 0. The second kappa shape index (κ2) is 3.98. The first-order valence-electron chi connectivity index (χ1n) is 4.99. The molecule has 0 atom stereocenters. The number of aliphatic imine (C=N–C) groups is 1. The molecule has 1 amide bonds. The van der Waals surface area contributed by atoms with Crippen molar-refractivity contribution in [3.63, 3.8) is 0 Å². The summed E-state index contributed by atoms with van der Waals surface area (Å²) in [5, 5.41) is 2.86. The van der Waals surface area contributed by atoms with E-state index in [0.717, 1.165) is 12.8 Å². The molecule has 1 saturated carbocycles. The lowest BCUT2D eigenvalue weighted by Gasteiger charge is -2.17. The number of nitrogens with two attached hydrogens (primary N) is 1. The molecule has 1 aliphatic rings. The van der Waals surface area contributed by atoms with Crippen molar-refractivity contribution in [2.75, 3.05) is 6.54 Å². The van der Waals surface area contributed by atoms with Crippen molar-refractivity contribution in [3.05, 3.63) is 0 Å². The highest BCUT2D eigenvalue weighted by Gasteiger charge is 2.23. The van der Waals surface area contributed by atoms with Crippen molar-refractivity contribution in [1.29, 1.82) is 0 Å². The quantitative estimate of drug-likeness (QED) is 0.516. The van der Waals surface area contributed by atoms with E-state index in [2.05, 4.69) is 10.3 Å². The van der Waals surface area contributed by atoms with Gasteiger partial charge in [-0.3, -0.25) is 9.79 Å². The van der Waals surface area contributed by atoms with E-state index in [9.17, 15) is 4.79 Å². The van der Waals surface area contributed by atoms with Crippen LogP contribution in [0.15, 0.2) is 4.99 Å². The second-order valence-corrected chi connectivity index (χ2v) is 4.79. The van der Waals surface area contributed by atoms with Crippen LogP contribution in [0, 0.1) is 5.41 Å². The third-order valence-electron chi connectivity index (χ3n) is 2.10. The molecule has 3 N–H and O–H groups in total. The predicted molar refractivity (Wildman–Crippen MR) is 57.1 cm³/mol. The van der Waals surface area contributed by atoms with Gasteiger partial charge in [0.2, 0.25) is 5.91 Å². The maximum absolute atomic E-state index is 11.3. The molecule has 0 unspecified atom stereocenters. The van der Waals surface area contributed by atoms with Gasteiger partial charge in [0, 0.05) is 11.5 Å². The number of nitrogens with zero attached hydrogens (tertiary/aromatic N) is 1. The van der Waals surface area contributed by atoms with Crippen LogP contribution in [0.3, 0.4) is 0 Å². The third kappa shape index (κ3) is 3.77. The SMILES string of the molecule is CC(C)(C)C(N)=NCC(=O)NC1CC1. The van der Waals surface area contributed by atoms with Gasteiger partial charge >= 0.3 is 0 Å². The van der Waals surface area contributed by atoms with E-state index in [1.807, 2.05) is 20.8 Å². The highest BCUT2D eigenvalue weighted by atomic mass is 16.1. The van der Waals surface area contributed by atoms with Crippen molar-refractivity contribution in [1.82, 2.24) is 5.32 Å². The molecule has 0 spiro atoms. The number of hydrogen-bond donors (Lipinski definition) is 2. The Labute approximate surface area is 85.0 Å². The number of amides is 1. The van der Waals surface area contributed by atoms with Gasteiger partial charge in [-0.05, 0) is 12.8 Å². The Balaban J connectivity index is 2.33. The van der Waals surface area contributed by atoms with Gasteiger partial charge in [0.25, 0.3) is 0 Å². The number of rotatable bonds is 3. The van der Waals surface area contributed by atoms with Crippen LogP contribution in [0.5, 0.6) is 0 Å². The normalized spacial score (nSPS) is 18.1. The fourth-order valence-corrected chi connectivity index (χ4v) is 0.895. The molecule has 4 heteroatoms. The van der Waals surface area contributed by atoms with E-state index >= 15 is 0 Å². The molecular formula is C10H19N3O. The van der Waals surface area contributed by atoms with Gasteiger partial charge < -0.3 is 11.1 Å². The molecule has 1 rings (SSSR count). The summed E-state index contributed by atoms with van der Waals surface area (Å²) in [6, 6.07) is 0.397. The average molecular weight is 197 g/mol. The first-order valence-corrected chi connectivity index (χ1v) is 4.99. The summed E-state index contributed by atoms with van der Waals surface area (Å²) < 4.78 is 0. The largest absolute Gasteiger partial charge is 0.387 e. The third-order valence-corrected chi connectivity index (χ3v) is 2.10. The summed E-state index contributed by atoms with van der Waals surface area (Å²) in [4.78, 5) is 15.3. The van der Waals surface area contributed by atoms with Gasteiger partial charge in [-0.15, -0.1) is 0 Å². The van der Waals surface area contributed by atoms with Crippen LogP contribution < -0.4 is 11.1 Å². The molecule has 0 aromatic carbocycles. The topological polar surface area (TPSA) is 67.5 Å². The van der Waals surface area contributed by atoms with Gasteiger partial charge in [-0.25, -0.2) is 0 Å². The minimum atomic E-state index is -0.153. The zero-order chi connectivity index (χ0) is 10.8. The predicted octanol–water partition coefficient (Wildman–Crippen LogP) is 0.668. The Morgan fingerprint density at radius 3 is 2.50 bits per heavy atom. The van der Waals surface area contributed by atoms with Crippen molar-refractivity contribution in [2.45, 2.75) is 39.7 Å². The van der Waals surface area contributed by atoms with Gasteiger partial charge in [-0.2, -0.15) is 0 Å². The molecule has 0 radical (unpaired) electrons. The molecule has 1 fully saturated rings. The molecule has 0 aromatic rings. The van der Waals surface area contributed by atoms with Gasteiger partial charge in [0.05, 0.1) is 5.84 Å². The molecule has 0 heterocycles. The first-order chi connectivity index (χ1) is 6.39. The summed E-state index contributed by atoms with van der Waals surface area (Å²) in [5.41, 5.74) is 5.56. The van der Waals surface area contributed by atoms with Crippen LogP contribution in [0.1, 0.15) is 33.6 Å². The van der Waals surface area contributed by atoms with E-state index in [4.69, 9.17) is 5.73 Å². The molecule has 0 aromatic heterocycles. The monoisotopic (exact) mass is 197 g/mol. The number of amidine groups is 1. The highest BCUT2D eigenvalue weighted by molar-refractivity contribution is 5.88. The molecule has 0 bridgehead atoms. The molecule has 0 aliphatic heterocycles. The van der Waals surface area contributed by atoms with Crippen molar-refractivity contribution in [3.8, 4) is 0 Å². The maximum Gasteiger partial charge on any atom is 0.241 e. The lowest BCUT2D eigenvalue weighted by atomic mass is 9.95. The Bertz CT molecular complexity index is 249. The Morgan fingerprint density at radius 1 is 1.50 bits per heavy atom. The molecular weight excluding hydrogens is 178 g/mol. The summed E-state index contributed by atoms with van der Waals surface area (Å²) in [6.45, 7) is 6.08. The highest BCUT2D eigenvalue weighted by Crippen LogP contribution is 2.18. The fraction of sp³-hybridized carbons (Fsp3) is 0.800. The van der Waals surface area contributed by atoms with Gasteiger partial charge in [-0.1, -0.05) is 20.8 Å². The van der Waals surface area contributed by atoms with E-state index in [1.165, 1.54) is 0 Å². The molecule has 14 heavy (non-hydrogen) atoms. The van der Waals surface area contributed by atoms with Crippen molar-refractivity contribution in [2.24, 2.45) is 16.1 Å².